The van der Waals surface area contributed by atoms with Crippen LogP contribution in [0, 0.1) is 0 Å². The fourth-order valence-corrected chi connectivity index (χ4v) is 2.02. The first-order chi connectivity index (χ1) is 9.02. The lowest BCUT2D eigenvalue weighted by Gasteiger charge is -2.17. The molecule has 1 amide bonds. The quantitative estimate of drug-likeness (QED) is 0.741. The molecule has 0 spiro atoms. The van der Waals surface area contributed by atoms with Crippen molar-refractivity contribution in [3.63, 3.8) is 0 Å². The third-order valence-corrected chi connectivity index (χ3v) is 2.83. The zero-order valence-corrected chi connectivity index (χ0v) is 11.4. The zero-order chi connectivity index (χ0) is 14.3. The number of nitrogens with one attached hydrogen (secondary N) is 1. The highest BCUT2D eigenvalue weighted by Crippen LogP contribution is 2.09. The highest BCUT2D eigenvalue weighted by Gasteiger charge is 2.15. The van der Waals surface area contributed by atoms with Crippen LogP contribution in [0.3, 0.4) is 0 Å². The average Bonchev–Trinajstić information content (AvgIpc) is 2.73. The minimum atomic E-state index is -0.850. The molecule has 2 N–H and O–H groups in total. The van der Waals surface area contributed by atoms with Gasteiger partial charge in [-0.05, 0) is 12.8 Å². The maximum absolute atomic E-state index is 11.2. The van der Waals surface area contributed by atoms with E-state index in [4.69, 9.17) is 5.11 Å². The van der Waals surface area contributed by atoms with Gasteiger partial charge < -0.3 is 15.0 Å². The lowest BCUT2D eigenvalue weighted by molar-refractivity contribution is -0.137. The normalized spacial score (nSPS) is 12.1. The van der Waals surface area contributed by atoms with Crippen LogP contribution in [-0.4, -0.2) is 32.6 Å². The van der Waals surface area contributed by atoms with Gasteiger partial charge in [-0.15, -0.1) is 0 Å². The molecule has 1 aromatic rings. The monoisotopic (exact) mass is 267 g/mol. The SMILES string of the molecule is CCCn1cncc1CC(CCC(=O)O)NC(C)=O. The Hall–Kier alpha value is -1.85. The second-order valence-corrected chi connectivity index (χ2v) is 4.61. The summed E-state index contributed by atoms with van der Waals surface area (Å²) >= 11 is 0. The van der Waals surface area contributed by atoms with E-state index in [1.165, 1.54) is 6.92 Å². The molecule has 1 atom stereocenters. The zero-order valence-electron chi connectivity index (χ0n) is 11.4. The van der Waals surface area contributed by atoms with Gasteiger partial charge >= 0.3 is 5.97 Å². The molecular formula is C13H21N3O3. The molecule has 0 aliphatic carbocycles. The Morgan fingerprint density at radius 1 is 1.53 bits per heavy atom. The Morgan fingerprint density at radius 2 is 2.26 bits per heavy atom. The van der Waals surface area contributed by atoms with E-state index in [0.717, 1.165) is 18.7 Å². The Labute approximate surface area is 112 Å². The summed E-state index contributed by atoms with van der Waals surface area (Å²) in [5.41, 5.74) is 1.02. The van der Waals surface area contributed by atoms with Crippen LogP contribution in [0.5, 0.6) is 0 Å². The predicted molar refractivity (Wildman–Crippen MR) is 70.7 cm³/mol. The molecule has 0 saturated heterocycles. The minimum absolute atomic E-state index is 0.0485. The number of aryl methyl sites for hydroxylation is 1. The molecule has 1 heterocycles. The van der Waals surface area contributed by atoms with Crippen molar-refractivity contribution in [1.82, 2.24) is 14.9 Å². The van der Waals surface area contributed by atoms with Gasteiger partial charge in [0.15, 0.2) is 0 Å². The summed E-state index contributed by atoms with van der Waals surface area (Å²) in [7, 11) is 0. The van der Waals surface area contributed by atoms with Crippen molar-refractivity contribution in [2.24, 2.45) is 0 Å². The third kappa shape index (κ3) is 5.54. The number of aromatic nitrogens is 2. The van der Waals surface area contributed by atoms with Crippen LogP contribution in [0.15, 0.2) is 12.5 Å². The van der Waals surface area contributed by atoms with Crippen molar-refractivity contribution in [2.45, 2.75) is 52.1 Å². The number of carbonyl (C=O) groups is 2. The van der Waals surface area contributed by atoms with E-state index in [1.807, 2.05) is 4.57 Å². The molecule has 0 aromatic carbocycles. The van der Waals surface area contributed by atoms with E-state index in [1.54, 1.807) is 12.5 Å². The number of imidazole rings is 1. The molecule has 0 bridgehead atoms. The van der Waals surface area contributed by atoms with E-state index in [9.17, 15) is 9.59 Å². The maximum atomic E-state index is 11.2. The molecular weight excluding hydrogens is 246 g/mol. The van der Waals surface area contributed by atoms with Gasteiger partial charge in [0.05, 0.1) is 6.33 Å². The smallest absolute Gasteiger partial charge is 0.303 e. The molecule has 1 unspecified atom stereocenters. The standard InChI is InChI=1S/C13H21N3O3/c1-3-6-16-9-14-8-12(16)7-11(15-10(2)17)4-5-13(18)19/h8-9,11H,3-7H2,1-2H3,(H,15,17)(H,18,19). The van der Waals surface area contributed by atoms with Crippen LogP contribution < -0.4 is 5.32 Å². The van der Waals surface area contributed by atoms with Crippen molar-refractivity contribution in [3.05, 3.63) is 18.2 Å². The average molecular weight is 267 g/mol. The minimum Gasteiger partial charge on any atom is -0.481 e. The number of amides is 1. The lowest BCUT2D eigenvalue weighted by Crippen LogP contribution is -2.35. The molecule has 0 aliphatic heterocycles. The van der Waals surface area contributed by atoms with Crippen LogP contribution >= 0.6 is 0 Å². The molecule has 1 rings (SSSR count). The molecule has 19 heavy (non-hydrogen) atoms. The first-order valence-electron chi connectivity index (χ1n) is 6.50. The predicted octanol–water partition coefficient (Wildman–Crippen LogP) is 1.21. The second-order valence-electron chi connectivity index (χ2n) is 4.61. The van der Waals surface area contributed by atoms with Crippen molar-refractivity contribution < 1.29 is 14.7 Å². The third-order valence-electron chi connectivity index (χ3n) is 2.83. The van der Waals surface area contributed by atoms with Crippen LogP contribution in [0.1, 0.15) is 38.8 Å². The highest BCUT2D eigenvalue weighted by molar-refractivity contribution is 5.73. The van der Waals surface area contributed by atoms with Crippen LogP contribution in [0.4, 0.5) is 0 Å². The molecule has 6 heteroatoms. The van der Waals surface area contributed by atoms with Gasteiger partial charge in [-0.1, -0.05) is 6.92 Å². The number of carboxylic acid groups (broad SMARTS) is 1. The van der Waals surface area contributed by atoms with Crippen molar-refractivity contribution in [1.29, 1.82) is 0 Å². The Kier molecular flexibility index (Phi) is 6.05. The van der Waals surface area contributed by atoms with Gasteiger partial charge in [-0.3, -0.25) is 9.59 Å². The first kappa shape index (κ1) is 15.2. The number of aliphatic carboxylic acids is 1. The van der Waals surface area contributed by atoms with Gasteiger partial charge in [0.25, 0.3) is 0 Å². The summed E-state index contributed by atoms with van der Waals surface area (Å²) in [4.78, 5) is 25.9. The topological polar surface area (TPSA) is 84.2 Å². The van der Waals surface area contributed by atoms with E-state index in [0.29, 0.717) is 12.8 Å². The highest BCUT2D eigenvalue weighted by atomic mass is 16.4. The van der Waals surface area contributed by atoms with Crippen molar-refractivity contribution in [2.75, 3.05) is 0 Å². The molecule has 1 aromatic heterocycles. The number of rotatable bonds is 8. The van der Waals surface area contributed by atoms with Gasteiger partial charge in [-0.25, -0.2) is 4.98 Å². The van der Waals surface area contributed by atoms with Gasteiger partial charge in [0, 0.05) is 44.2 Å². The van der Waals surface area contributed by atoms with Crippen molar-refractivity contribution in [3.8, 4) is 0 Å². The number of hydrogen-bond donors (Lipinski definition) is 2. The summed E-state index contributed by atoms with van der Waals surface area (Å²) in [5, 5.41) is 11.5. The number of nitrogens with zero attached hydrogens (tertiary/aromatic N) is 2. The Morgan fingerprint density at radius 3 is 2.84 bits per heavy atom. The van der Waals surface area contributed by atoms with Gasteiger partial charge in [0.1, 0.15) is 0 Å². The lowest BCUT2D eigenvalue weighted by atomic mass is 10.1. The summed E-state index contributed by atoms with van der Waals surface area (Å²) in [6.07, 6.45) is 5.61. The van der Waals surface area contributed by atoms with Crippen molar-refractivity contribution >= 4 is 11.9 Å². The van der Waals surface area contributed by atoms with E-state index in [-0.39, 0.29) is 18.4 Å². The summed E-state index contributed by atoms with van der Waals surface area (Å²) in [6.45, 7) is 4.40. The number of carbonyl (C=O) groups excluding carboxylic acids is 1. The number of hydrogen-bond acceptors (Lipinski definition) is 3. The van der Waals surface area contributed by atoms with Crippen LogP contribution in [-0.2, 0) is 22.6 Å². The van der Waals surface area contributed by atoms with Gasteiger partial charge in [-0.2, -0.15) is 0 Å². The first-order valence-corrected chi connectivity index (χ1v) is 6.50. The van der Waals surface area contributed by atoms with E-state index < -0.39 is 5.97 Å². The van der Waals surface area contributed by atoms with Crippen LogP contribution in [0.2, 0.25) is 0 Å². The second kappa shape index (κ2) is 7.56. The largest absolute Gasteiger partial charge is 0.481 e. The van der Waals surface area contributed by atoms with Gasteiger partial charge in [0.2, 0.25) is 5.91 Å². The molecule has 106 valence electrons. The van der Waals surface area contributed by atoms with Crippen LogP contribution in [0.25, 0.3) is 0 Å². The molecule has 0 fully saturated rings. The fraction of sp³-hybridized carbons (Fsp3) is 0.615. The summed E-state index contributed by atoms with van der Waals surface area (Å²) in [5.74, 6) is -0.991. The fourth-order valence-electron chi connectivity index (χ4n) is 2.02. The Bertz CT molecular complexity index is 429. The summed E-state index contributed by atoms with van der Waals surface area (Å²) in [6, 6.07) is -0.166. The number of carboxylic acids is 1. The molecule has 0 aliphatic rings. The van der Waals surface area contributed by atoms with E-state index >= 15 is 0 Å². The maximum Gasteiger partial charge on any atom is 0.303 e. The molecule has 6 nitrogen and oxygen atoms in total. The van der Waals surface area contributed by atoms with E-state index in [2.05, 4.69) is 17.2 Å². The molecule has 0 saturated carbocycles. The Balaban J connectivity index is 2.66. The molecule has 0 radical (unpaired) electrons. The summed E-state index contributed by atoms with van der Waals surface area (Å²) < 4.78 is 2.04.